The number of hydrogen-bond donors (Lipinski definition) is 1. The van der Waals surface area contributed by atoms with Gasteiger partial charge in [0.05, 0.1) is 22.1 Å². The number of aromatic nitrogens is 4. The summed E-state index contributed by atoms with van der Waals surface area (Å²) in [6, 6.07) is 7.87. The Hall–Kier alpha value is -6.00. The molecule has 2 unspecified atom stereocenters. The molecule has 2 aromatic carbocycles. The smallest absolute Gasteiger partial charge is 0.424 e. The number of carbonyl (C=O) groups excluding carboxylic acids is 6. The molecule has 0 saturated carbocycles. The van der Waals surface area contributed by atoms with Gasteiger partial charge in [-0.05, 0) is 91.1 Å². The maximum absolute atomic E-state index is 13.0. The molecule has 4 heterocycles. The monoisotopic (exact) mass is 748 g/mol. The Kier molecular flexibility index (Phi) is 10.2. The number of phenols is 1. The van der Waals surface area contributed by atoms with Crippen molar-refractivity contribution in [2.75, 3.05) is 0 Å². The highest BCUT2D eigenvalue weighted by atomic mass is 16.6. The summed E-state index contributed by atoms with van der Waals surface area (Å²) in [5, 5.41) is 9.67. The molecular weight excluding hydrogens is 704 g/mol. The van der Waals surface area contributed by atoms with Gasteiger partial charge in [0.2, 0.25) is 11.8 Å². The normalized spacial score (nSPS) is 18.2. The van der Waals surface area contributed by atoms with Crippen LogP contribution in [0.25, 0.3) is 22.1 Å². The lowest BCUT2D eigenvalue weighted by molar-refractivity contribution is -0.151. The van der Waals surface area contributed by atoms with Crippen molar-refractivity contribution in [1.82, 2.24) is 28.1 Å². The van der Waals surface area contributed by atoms with Crippen LogP contribution in [0.3, 0.4) is 0 Å². The molecule has 0 bridgehead atoms. The highest BCUT2D eigenvalue weighted by Crippen LogP contribution is 2.30. The number of nitrogens with zero attached hydrogens (tertiary/aromatic N) is 6. The quantitative estimate of drug-likeness (QED) is 0.291. The van der Waals surface area contributed by atoms with Gasteiger partial charge in [-0.25, -0.2) is 19.2 Å². The number of fused-ring (bicyclic) bond motifs is 2. The van der Waals surface area contributed by atoms with E-state index >= 15 is 0 Å². The van der Waals surface area contributed by atoms with E-state index in [1.165, 1.54) is 43.5 Å². The summed E-state index contributed by atoms with van der Waals surface area (Å²) in [6.07, 6.45) is -1.90. The number of aryl methyl sites for hydroxylation is 3. The molecule has 1 N–H and O–H groups in total. The molecule has 0 radical (unpaired) electrons. The number of likely N-dealkylation sites (tertiary alicyclic amines) is 2. The van der Waals surface area contributed by atoms with Gasteiger partial charge in [0.15, 0.2) is 0 Å². The summed E-state index contributed by atoms with van der Waals surface area (Å²) in [4.78, 5) is 102. The Morgan fingerprint density at radius 2 is 1.02 bits per heavy atom. The van der Waals surface area contributed by atoms with Gasteiger partial charge in [-0.15, -0.1) is 0 Å². The number of piperidine rings is 2. The summed E-state index contributed by atoms with van der Waals surface area (Å²) < 4.78 is 15.7. The third-order valence-corrected chi connectivity index (χ3v) is 8.87. The Morgan fingerprint density at radius 1 is 0.630 bits per heavy atom. The first-order valence-corrected chi connectivity index (χ1v) is 17.3. The van der Waals surface area contributed by atoms with Crippen LogP contribution in [-0.4, -0.2) is 80.2 Å². The average molecular weight is 749 g/mol. The number of phenolic OH excluding ortho intramolecular Hbond substituents is 1. The molecule has 2 atom stereocenters. The zero-order valence-electron chi connectivity index (χ0n) is 31.7. The van der Waals surface area contributed by atoms with E-state index < -0.39 is 64.8 Å². The topological polar surface area (TPSA) is 201 Å². The minimum Gasteiger partial charge on any atom is -0.508 e. The van der Waals surface area contributed by atoms with Crippen molar-refractivity contribution in [3.8, 4) is 5.75 Å². The Balaban J connectivity index is 0.000000208. The van der Waals surface area contributed by atoms with Gasteiger partial charge in [0, 0.05) is 33.0 Å². The number of aromatic hydroxyl groups is 1. The molecule has 0 spiro atoms. The summed E-state index contributed by atoms with van der Waals surface area (Å²) >= 11 is 0. The predicted molar refractivity (Wildman–Crippen MR) is 193 cm³/mol. The number of benzene rings is 2. The standard InChI is InChI=1S/C19H23N3O5.C18H21N3O6/c1-11-6-7-12-14(10-11)20(5)17(25)21(12)13-8-9-15(23)22(16(13)24)18(26)27-19(2,3)4;1-18(2,3)27-17(26)21-14(23)8-7-12(15(21)24)20-11-6-5-10(22)9-13(11)19(4)16(20)25/h6-7,10,13H,8-9H2,1-5H3;5-6,9,12,22H,7-8H2,1-4H3. The molecule has 2 aromatic heterocycles. The lowest BCUT2D eigenvalue weighted by Crippen LogP contribution is -2.51. The Morgan fingerprint density at radius 3 is 1.43 bits per heavy atom. The van der Waals surface area contributed by atoms with Crippen LogP contribution >= 0.6 is 0 Å². The van der Waals surface area contributed by atoms with Crippen LogP contribution in [0.4, 0.5) is 9.59 Å². The summed E-state index contributed by atoms with van der Waals surface area (Å²) in [6.45, 7) is 11.8. The second-order valence-corrected chi connectivity index (χ2v) is 15.3. The number of amides is 6. The molecule has 2 aliphatic heterocycles. The van der Waals surface area contributed by atoms with Gasteiger partial charge in [-0.1, -0.05) is 6.07 Å². The van der Waals surface area contributed by atoms with Gasteiger partial charge in [0.1, 0.15) is 29.0 Å². The minimum absolute atomic E-state index is 0.0178. The van der Waals surface area contributed by atoms with E-state index in [1.54, 1.807) is 54.7 Å². The molecule has 0 aliphatic carbocycles. The second-order valence-electron chi connectivity index (χ2n) is 15.3. The molecule has 6 rings (SSSR count). The van der Waals surface area contributed by atoms with Gasteiger partial charge in [-0.3, -0.25) is 37.4 Å². The van der Waals surface area contributed by atoms with Gasteiger partial charge < -0.3 is 14.6 Å². The van der Waals surface area contributed by atoms with Crippen LogP contribution in [0.5, 0.6) is 5.75 Å². The van der Waals surface area contributed by atoms with Gasteiger partial charge in [0.25, 0.3) is 11.8 Å². The van der Waals surface area contributed by atoms with E-state index in [-0.39, 0.29) is 37.1 Å². The van der Waals surface area contributed by atoms with Crippen molar-refractivity contribution in [3.63, 3.8) is 0 Å². The van der Waals surface area contributed by atoms with Crippen LogP contribution < -0.4 is 11.4 Å². The molecule has 17 heteroatoms. The maximum atomic E-state index is 13.0. The fourth-order valence-electron chi connectivity index (χ4n) is 6.44. The molecule has 2 saturated heterocycles. The summed E-state index contributed by atoms with van der Waals surface area (Å²) in [5.74, 6) is -2.83. The highest BCUT2D eigenvalue weighted by Gasteiger charge is 2.44. The van der Waals surface area contributed by atoms with Crippen molar-refractivity contribution < 1.29 is 43.3 Å². The van der Waals surface area contributed by atoms with E-state index in [4.69, 9.17) is 9.47 Å². The maximum Gasteiger partial charge on any atom is 0.424 e. The van der Waals surface area contributed by atoms with Gasteiger partial charge >= 0.3 is 23.6 Å². The number of imidazole rings is 2. The van der Waals surface area contributed by atoms with E-state index in [0.29, 0.717) is 31.9 Å². The van der Waals surface area contributed by atoms with Crippen molar-refractivity contribution in [2.45, 2.75) is 97.4 Å². The molecule has 2 aliphatic rings. The average Bonchev–Trinajstić information content (AvgIpc) is 3.43. The first kappa shape index (κ1) is 39.2. The zero-order chi connectivity index (χ0) is 40.2. The number of rotatable bonds is 2. The third kappa shape index (κ3) is 7.43. The molecule has 2 fully saturated rings. The van der Waals surface area contributed by atoms with E-state index in [1.807, 2.05) is 19.1 Å². The van der Waals surface area contributed by atoms with Crippen molar-refractivity contribution >= 4 is 57.9 Å². The Labute approximate surface area is 309 Å². The van der Waals surface area contributed by atoms with Crippen LogP contribution in [0.1, 0.15) is 84.9 Å². The third-order valence-electron chi connectivity index (χ3n) is 8.87. The minimum atomic E-state index is -1.05. The van der Waals surface area contributed by atoms with Crippen molar-refractivity contribution in [2.24, 2.45) is 14.1 Å². The molecule has 4 aromatic rings. The number of hydrogen-bond acceptors (Lipinski definition) is 11. The fourth-order valence-corrected chi connectivity index (χ4v) is 6.44. The van der Waals surface area contributed by atoms with Gasteiger partial charge in [-0.2, -0.15) is 9.80 Å². The largest absolute Gasteiger partial charge is 0.508 e. The first-order valence-electron chi connectivity index (χ1n) is 17.3. The summed E-state index contributed by atoms with van der Waals surface area (Å²) in [7, 11) is 3.15. The van der Waals surface area contributed by atoms with Crippen LogP contribution in [0, 0.1) is 6.92 Å². The molecule has 6 amide bonds. The predicted octanol–water partition coefficient (Wildman–Crippen LogP) is 3.94. The molecule has 17 nitrogen and oxygen atoms in total. The van der Waals surface area contributed by atoms with Crippen LogP contribution in [-0.2, 0) is 42.7 Å². The lowest BCUT2D eigenvalue weighted by atomic mass is 10.0. The molecular formula is C37H44N6O11. The second kappa shape index (κ2) is 14.1. The summed E-state index contributed by atoms with van der Waals surface area (Å²) in [5.41, 5.74) is 0.552. The highest BCUT2D eigenvalue weighted by molar-refractivity contribution is 6.12. The number of imide groups is 6. The fraction of sp³-hybridized carbons (Fsp3) is 0.459. The zero-order valence-corrected chi connectivity index (χ0v) is 31.7. The number of carbonyl (C=O) groups is 6. The lowest BCUT2D eigenvalue weighted by Gasteiger charge is -2.31. The van der Waals surface area contributed by atoms with E-state index in [9.17, 15) is 43.5 Å². The van der Waals surface area contributed by atoms with Crippen LogP contribution in [0.15, 0.2) is 46.0 Å². The van der Waals surface area contributed by atoms with Crippen molar-refractivity contribution in [3.05, 3.63) is 62.9 Å². The molecule has 54 heavy (non-hydrogen) atoms. The van der Waals surface area contributed by atoms with Crippen LogP contribution in [0.2, 0.25) is 0 Å². The first-order chi connectivity index (χ1) is 25.0. The number of ether oxygens (including phenoxy) is 2. The van der Waals surface area contributed by atoms with E-state index in [2.05, 4.69) is 0 Å². The SMILES string of the molecule is Cc1ccc2c(c1)n(C)c(=O)n2C1CCC(=O)N(C(=O)OC(C)(C)C)C1=O.Cn1c(=O)n(C2CCC(=O)N(C(=O)OC(C)(C)C)C2=O)c2ccc(O)cc21. The van der Waals surface area contributed by atoms with Crippen molar-refractivity contribution in [1.29, 1.82) is 0 Å². The Bertz CT molecular complexity index is 2180. The molecule has 288 valence electrons. The van der Waals surface area contributed by atoms with E-state index in [0.717, 1.165) is 5.56 Å².